The third-order valence-corrected chi connectivity index (χ3v) is 3.64. The van der Waals surface area contributed by atoms with Gasteiger partial charge in [-0.3, -0.25) is 0 Å². The van der Waals surface area contributed by atoms with E-state index in [0.29, 0.717) is 5.02 Å². The van der Waals surface area contributed by atoms with Crippen LogP contribution < -0.4 is 0 Å². The molecule has 0 spiro atoms. The van der Waals surface area contributed by atoms with Crippen molar-refractivity contribution in [2.45, 2.75) is 9.79 Å². The predicted molar refractivity (Wildman–Crippen MR) is 62.6 cm³/mol. The molecule has 0 aromatic heterocycles. The first-order valence-corrected chi connectivity index (χ1v) is 6.02. The average molecular weight is 237 g/mol. The molecule has 2 aromatic carbocycles. The van der Waals surface area contributed by atoms with Crippen molar-refractivity contribution in [2.24, 2.45) is 0 Å². The van der Waals surface area contributed by atoms with Crippen molar-refractivity contribution in [1.29, 1.82) is 0 Å². The van der Waals surface area contributed by atoms with Crippen molar-refractivity contribution >= 4 is 22.4 Å². The molecular weight excluding hydrogens is 228 g/mol. The van der Waals surface area contributed by atoms with E-state index in [-0.39, 0.29) is 0 Å². The second-order valence-electron chi connectivity index (χ2n) is 3.04. The van der Waals surface area contributed by atoms with Crippen molar-refractivity contribution in [1.82, 2.24) is 0 Å². The lowest BCUT2D eigenvalue weighted by molar-refractivity contribution is 0.683. The maximum Gasteiger partial charge on any atom is 0.0849 e. The highest BCUT2D eigenvalue weighted by Gasteiger charge is 2.05. The van der Waals surface area contributed by atoms with Crippen molar-refractivity contribution in [3.63, 3.8) is 0 Å². The summed E-state index contributed by atoms with van der Waals surface area (Å²) in [6.07, 6.45) is 0. The Kier molecular flexibility index (Phi) is 3.19. The minimum absolute atomic E-state index is 0.656. The van der Waals surface area contributed by atoms with Gasteiger partial charge in [0.2, 0.25) is 0 Å². The zero-order valence-electron chi connectivity index (χ0n) is 7.89. The second kappa shape index (κ2) is 4.60. The summed E-state index contributed by atoms with van der Waals surface area (Å²) >= 11 is 5.76. The first-order valence-electron chi connectivity index (χ1n) is 4.50. The third-order valence-electron chi connectivity index (χ3n) is 1.98. The molecule has 0 N–H and O–H groups in total. The van der Waals surface area contributed by atoms with Crippen LogP contribution in [0.5, 0.6) is 0 Å². The lowest BCUT2D eigenvalue weighted by atomic mass is 10.4. The summed E-state index contributed by atoms with van der Waals surface area (Å²) in [5, 5.41) is 0.656. The Balaban J connectivity index is 2.33. The molecule has 2 aromatic rings. The van der Waals surface area contributed by atoms with Gasteiger partial charge < -0.3 is 0 Å². The van der Waals surface area contributed by atoms with Gasteiger partial charge in [0.05, 0.1) is 10.8 Å². The first kappa shape index (κ1) is 10.4. The number of hydrogen-bond acceptors (Lipinski definition) is 1. The number of hydrogen-bond donors (Lipinski definition) is 0. The molecule has 0 aliphatic rings. The Morgan fingerprint density at radius 1 is 0.800 bits per heavy atom. The predicted octanol–water partition coefficient (Wildman–Crippen LogP) is 3.51. The van der Waals surface area contributed by atoms with E-state index in [1.54, 1.807) is 24.3 Å². The van der Waals surface area contributed by atoms with E-state index in [1.165, 1.54) is 0 Å². The van der Waals surface area contributed by atoms with Gasteiger partial charge >= 0.3 is 0 Å². The van der Waals surface area contributed by atoms with Crippen LogP contribution >= 0.6 is 11.6 Å². The molecule has 76 valence electrons. The highest BCUT2D eigenvalue weighted by molar-refractivity contribution is 7.85. The fourth-order valence-corrected chi connectivity index (χ4v) is 2.42. The summed E-state index contributed by atoms with van der Waals surface area (Å²) < 4.78 is 12.0. The summed E-state index contributed by atoms with van der Waals surface area (Å²) in [5.41, 5.74) is 0. The van der Waals surface area contributed by atoms with Gasteiger partial charge in [0.1, 0.15) is 0 Å². The van der Waals surface area contributed by atoms with Crippen LogP contribution in [-0.4, -0.2) is 4.21 Å². The molecular formula is C12H9ClOS. The van der Waals surface area contributed by atoms with Gasteiger partial charge in [-0.1, -0.05) is 29.8 Å². The highest BCUT2D eigenvalue weighted by atomic mass is 35.5. The molecule has 15 heavy (non-hydrogen) atoms. The molecule has 0 amide bonds. The monoisotopic (exact) mass is 236 g/mol. The zero-order chi connectivity index (χ0) is 10.7. The fourth-order valence-electron chi connectivity index (χ4n) is 1.24. The number of halogens is 1. The van der Waals surface area contributed by atoms with Crippen LogP contribution in [0, 0.1) is 0 Å². The van der Waals surface area contributed by atoms with E-state index in [1.807, 2.05) is 30.3 Å². The maximum absolute atomic E-state index is 12.0. The van der Waals surface area contributed by atoms with Gasteiger partial charge in [0, 0.05) is 14.8 Å². The van der Waals surface area contributed by atoms with Crippen LogP contribution in [0.3, 0.4) is 0 Å². The van der Waals surface area contributed by atoms with Gasteiger partial charge in [-0.05, 0) is 36.4 Å². The van der Waals surface area contributed by atoms with E-state index < -0.39 is 10.8 Å². The molecule has 0 saturated carbocycles. The normalized spacial score (nSPS) is 12.3. The maximum atomic E-state index is 12.0. The Morgan fingerprint density at radius 2 is 1.33 bits per heavy atom. The molecule has 2 rings (SSSR count). The fraction of sp³-hybridized carbons (Fsp3) is 0. The van der Waals surface area contributed by atoms with Gasteiger partial charge in [0.25, 0.3) is 0 Å². The Labute approximate surface area is 96.2 Å². The van der Waals surface area contributed by atoms with E-state index in [4.69, 9.17) is 11.6 Å². The number of benzene rings is 2. The SMILES string of the molecule is O=[S@](c1ccccc1)c1ccc(Cl)cc1. The lowest BCUT2D eigenvalue weighted by Gasteiger charge is -2.01. The molecule has 1 nitrogen and oxygen atoms in total. The summed E-state index contributed by atoms with van der Waals surface area (Å²) in [6.45, 7) is 0. The van der Waals surface area contributed by atoms with Gasteiger partial charge in [-0.25, -0.2) is 4.21 Å². The molecule has 0 unspecified atom stereocenters. The Hall–Kier alpha value is -1.12. The van der Waals surface area contributed by atoms with Crippen LogP contribution in [0.2, 0.25) is 5.02 Å². The van der Waals surface area contributed by atoms with Gasteiger partial charge in [0.15, 0.2) is 0 Å². The molecule has 0 fully saturated rings. The highest BCUT2D eigenvalue weighted by Crippen LogP contribution is 2.18. The first-order chi connectivity index (χ1) is 7.27. The van der Waals surface area contributed by atoms with Crippen molar-refractivity contribution in [3.05, 3.63) is 59.6 Å². The van der Waals surface area contributed by atoms with E-state index in [9.17, 15) is 4.21 Å². The topological polar surface area (TPSA) is 17.1 Å². The van der Waals surface area contributed by atoms with Crippen molar-refractivity contribution < 1.29 is 4.21 Å². The summed E-state index contributed by atoms with van der Waals surface area (Å²) in [4.78, 5) is 1.57. The summed E-state index contributed by atoms with van der Waals surface area (Å²) in [5.74, 6) is 0. The Morgan fingerprint density at radius 3 is 1.93 bits per heavy atom. The molecule has 0 aliphatic carbocycles. The molecule has 0 bridgehead atoms. The number of rotatable bonds is 2. The van der Waals surface area contributed by atoms with E-state index >= 15 is 0 Å². The standard InChI is InChI=1S/C12H9ClOS/c13-10-6-8-12(9-7-10)15(14)11-4-2-1-3-5-11/h1-9H/t15-/m1/s1. The van der Waals surface area contributed by atoms with Crippen molar-refractivity contribution in [2.75, 3.05) is 0 Å². The van der Waals surface area contributed by atoms with Crippen LogP contribution in [0.1, 0.15) is 0 Å². The van der Waals surface area contributed by atoms with Crippen molar-refractivity contribution in [3.8, 4) is 0 Å². The summed E-state index contributed by atoms with van der Waals surface area (Å²) in [7, 11) is -1.11. The molecule has 3 heteroatoms. The molecule has 0 radical (unpaired) electrons. The minimum Gasteiger partial charge on any atom is -0.249 e. The van der Waals surface area contributed by atoms with Gasteiger partial charge in [-0.2, -0.15) is 0 Å². The minimum atomic E-state index is -1.11. The zero-order valence-corrected chi connectivity index (χ0v) is 9.46. The second-order valence-corrected chi connectivity index (χ2v) is 4.95. The molecule has 0 heterocycles. The summed E-state index contributed by atoms with van der Waals surface area (Å²) in [6, 6.07) is 16.4. The lowest BCUT2D eigenvalue weighted by Crippen LogP contribution is -1.91. The van der Waals surface area contributed by atoms with Crippen LogP contribution in [-0.2, 0) is 10.8 Å². The quantitative estimate of drug-likeness (QED) is 0.780. The third kappa shape index (κ3) is 2.46. The average Bonchev–Trinajstić information content (AvgIpc) is 2.30. The Bertz CT molecular complexity index is 465. The molecule has 0 saturated heterocycles. The van der Waals surface area contributed by atoms with E-state index in [0.717, 1.165) is 9.79 Å². The van der Waals surface area contributed by atoms with Gasteiger partial charge in [-0.15, -0.1) is 0 Å². The van der Waals surface area contributed by atoms with E-state index in [2.05, 4.69) is 0 Å². The van der Waals surface area contributed by atoms with Crippen LogP contribution in [0.4, 0.5) is 0 Å². The smallest absolute Gasteiger partial charge is 0.0849 e. The van der Waals surface area contributed by atoms with Crippen LogP contribution in [0.25, 0.3) is 0 Å². The molecule has 0 aliphatic heterocycles. The van der Waals surface area contributed by atoms with Crippen LogP contribution in [0.15, 0.2) is 64.4 Å². The largest absolute Gasteiger partial charge is 0.249 e. The molecule has 1 atom stereocenters.